The second kappa shape index (κ2) is 10.4. The van der Waals surface area contributed by atoms with E-state index in [1.54, 1.807) is 6.07 Å². The van der Waals surface area contributed by atoms with Crippen molar-refractivity contribution in [3.05, 3.63) is 35.9 Å². The van der Waals surface area contributed by atoms with Crippen LogP contribution in [0.15, 0.2) is 30.3 Å². The van der Waals surface area contributed by atoms with E-state index in [0.717, 1.165) is 15.8 Å². The maximum absolute atomic E-state index is 12.5. The summed E-state index contributed by atoms with van der Waals surface area (Å²) in [6, 6.07) is 7.42. The van der Waals surface area contributed by atoms with Crippen molar-refractivity contribution in [2.24, 2.45) is 0 Å². The van der Waals surface area contributed by atoms with E-state index >= 15 is 0 Å². The normalized spacial score (nSPS) is 12.5. The van der Waals surface area contributed by atoms with Crippen LogP contribution >= 0.6 is 0 Å². The topological polar surface area (TPSA) is 52.6 Å². The number of carbonyl (C=O) groups is 2. The quantitative estimate of drug-likeness (QED) is 0.354. The van der Waals surface area contributed by atoms with E-state index in [-0.39, 0.29) is 12.2 Å². The summed E-state index contributed by atoms with van der Waals surface area (Å²) in [5, 5.41) is 3.05. The van der Waals surface area contributed by atoms with Gasteiger partial charge in [0, 0.05) is 0 Å². The predicted molar refractivity (Wildman–Crippen MR) is 97.3 cm³/mol. The van der Waals surface area contributed by atoms with Crippen LogP contribution in [0.1, 0.15) is 32.4 Å². The third-order valence-corrected chi connectivity index (χ3v) is 14.4. The zero-order valence-electron chi connectivity index (χ0n) is 15.6. The van der Waals surface area contributed by atoms with Crippen molar-refractivity contribution in [3.63, 3.8) is 0 Å². The van der Waals surface area contributed by atoms with E-state index in [4.69, 9.17) is 4.74 Å². The van der Waals surface area contributed by atoms with E-state index < -0.39 is 37.5 Å². The van der Waals surface area contributed by atoms with Gasteiger partial charge in [-0.15, -0.1) is 0 Å². The van der Waals surface area contributed by atoms with Crippen LogP contribution < -0.4 is 0 Å². The molecule has 1 rings (SSSR count). The molecular formula is C19H23F3GeO4. The minimum atomic E-state index is -5.20. The average Bonchev–Trinajstić information content (AvgIpc) is 2.66. The third kappa shape index (κ3) is 6.94. The molecule has 1 aromatic carbocycles. The van der Waals surface area contributed by atoms with Gasteiger partial charge in [0.15, 0.2) is 0 Å². The summed E-state index contributed by atoms with van der Waals surface area (Å²) in [5.41, 5.74) is 0.0933. The van der Waals surface area contributed by atoms with Crippen molar-refractivity contribution in [1.29, 1.82) is 0 Å². The molecular weight excluding hydrogens is 422 g/mol. The minimum absolute atomic E-state index is 0.0933. The first-order valence-corrected chi connectivity index (χ1v) is 14.2. The first-order valence-electron chi connectivity index (χ1n) is 8.68. The molecule has 0 amide bonds. The molecule has 0 spiro atoms. The number of hydrogen-bond donors (Lipinski definition) is 0. The molecule has 0 aliphatic carbocycles. The van der Waals surface area contributed by atoms with Gasteiger partial charge in [-0.05, 0) is 0 Å². The molecule has 8 heteroatoms. The van der Waals surface area contributed by atoms with Crippen LogP contribution in [0.3, 0.4) is 0 Å². The van der Waals surface area contributed by atoms with Crippen molar-refractivity contribution in [1.82, 2.24) is 0 Å². The first-order chi connectivity index (χ1) is 12.7. The average molecular weight is 445 g/mol. The Morgan fingerprint density at radius 3 is 2.11 bits per heavy atom. The molecule has 4 nitrogen and oxygen atoms in total. The van der Waals surface area contributed by atoms with Crippen LogP contribution in [0, 0.1) is 10.7 Å². The van der Waals surface area contributed by atoms with Crippen molar-refractivity contribution in [2.45, 2.75) is 48.8 Å². The number of esters is 2. The molecule has 148 valence electrons. The number of halogens is 3. The molecule has 0 radical (unpaired) electrons. The predicted octanol–water partition coefficient (Wildman–Crippen LogP) is 4.43. The standard InChI is InChI=1S/C19H23F3GeO4/c1-4-23(5-2,6-3)13-10-14-26-17(24)16(15-11-8-7-9-12-15)27-18(25)19(20,21)22/h7-9,11-12,16H,4-6,14H2,1-3H3. The van der Waals surface area contributed by atoms with Gasteiger partial charge >= 0.3 is 159 Å². The van der Waals surface area contributed by atoms with Gasteiger partial charge in [-0.1, -0.05) is 0 Å². The molecule has 0 bridgehead atoms. The van der Waals surface area contributed by atoms with Crippen molar-refractivity contribution in [2.75, 3.05) is 6.61 Å². The first kappa shape index (κ1) is 23.1. The molecule has 1 unspecified atom stereocenters. The summed E-state index contributed by atoms with van der Waals surface area (Å²) in [6.07, 6.45) is -7.00. The van der Waals surface area contributed by atoms with Crippen molar-refractivity contribution < 1.29 is 32.2 Å². The molecule has 0 saturated carbocycles. The van der Waals surface area contributed by atoms with Gasteiger partial charge in [0.2, 0.25) is 0 Å². The molecule has 0 heterocycles. The van der Waals surface area contributed by atoms with Gasteiger partial charge in [-0.2, -0.15) is 0 Å². The fourth-order valence-corrected chi connectivity index (χ4v) is 7.67. The Kier molecular flexibility index (Phi) is 8.90. The Balaban J connectivity index is 2.88. The monoisotopic (exact) mass is 446 g/mol. The van der Waals surface area contributed by atoms with E-state index in [1.807, 2.05) is 0 Å². The van der Waals surface area contributed by atoms with E-state index in [1.165, 1.54) is 24.3 Å². The zero-order chi connectivity index (χ0) is 20.5. The number of ether oxygens (including phenoxy) is 2. The molecule has 0 aromatic heterocycles. The van der Waals surface area contributed by atoms with Gasteiger partial charge < -0.3 is 0 Å². The SMILES string of the molecule is C[CH2][Ge]([C]#CCOC(=O)C(OC(=O)C(F)(F)F)c1ccccc1)([CH2]C)[CH2]C. The Morgan fingerprint density at radius 2 is 1.63 bits per heavy atom. The summed E-state index contributed by atoms with van der Waals surface area (Å²) in [6.45, 7) is 6.03. The fourth-order valence-electron chi connectivity index (χ4n) is 2.48. The molecule has 0 N–H and O–H groups in total. The van der Waals surface area contributed by atoms with Gasteiger partial charge in [0.25, 0.3) is 0 Å². The Hall–Kier alpha value is -1.95. The Labute approximate surface area is 159 Å². The number of benzene rings is 1. The molecule has 1 atom stereocenters. The Morgan fingerprint density at radius 1 is 1.07 bits per heavy atom. The number of rotatable bonds is 7. The van der Waals surface area contributed by atoms with Crippen LogP contribution in [-0.2, 0) is 19.1 Å². The van der Waals surface area contributed by atoms with Gasteiger partial charge in [0.1, 0.15) is 0 Å². The fraction of sp³-hybridized carbons (Fsp3) is 0.474. The molecule has 0 aliphatic heterocycles. The molecule has 0 fully saturated rings. The summed E-state index contributed by atoms with van der Waals surface area (Å²) < 4.78 is 50.1. The number of carbonyl (C=O) groups excluding carboxylic acids is 2. The Bertz CT molecular complexity index is 680. The maximum atomic E-state index is 12.5. The second-order valence-electron chi connectivity index (χ2n) is 5.94. The third-order valence-electron chi connectivity index (χ3n) is 4.44. The van der Waals surface area contributed by atoms with Crippen LogP contribution in [-0.4, -0.2) is 38.0 Å². The van der Waals surface area contributed by atoms with Crippen LogP contribution in [0.2, 0.25) is 15.8 Å². The van der Waals surface area contributed by atoms with Gasteiger partial charge in [-0.3, -0.25) is 0 Å². The summed E-state index contributed by atoms with van der Waals surface area (Å²) in [4.78, 5) is 23.4. The van der Waals surface area contributed by atoms with Crippen LogP contribution in [0.5, 0.6) is 0 Å². The van der Waals surface area contributed by atoms with E-state index in [9.17, 15) is 22.8 Å². The van der Waals surface area contributed by atoms with Crippen molar-refractivity contribution in [3.8, 4) is 10.7 Å². The number of alkyl halides is 3. The van der Waals surface area contributed by atoms with Gasteiger partial charge in [0.05, 0.1) is 0 Å². The van der Waals surface area contributed by atoms with Crippen LogP contribution in [0.25, 0.3) is 0 Å². The molecule has 1 aromatic rings. The van der Waals surface area contributed by atoms with E-state index in [0.29, 0.717) is 0 Å². The molecule has 0 saturated heterocycles. The molecule has 27 heavy (non-hydrogen) atoms. The second-order valence-corrected chi connectivity index (χ2v) is 16.3. The van der Waals surface area contributed by atoms with Crippen LogP contribution in [0.4, 0.5) is 13.2 Å². The zero-order valence-corrected chi connectivity index (χ0v) is 17.7. The summed E-state index contributed by atoms with van der Waals surface area (Å²) in [7, 11) is 0. The van der Waals surface area contributed by atoms with Gasteiger partial charge in [-0.25, -0.2) is 0 Å². The molecule has 0 aliphatic rings. The summed E-state index contributed by atoms with van der Waals surface area (Å²) in [5.74, 6) is -0.708. The van der Waals surface area contributed by atoms with Crippen molar-refractivity contribution >= 4 is 25.2 Å². The summed E-state index contributed by atoms with van der Waals surface area (Å²) >= 11 is -2.25. The number of hydrogen-bond acceptors (Lipinski definition) is 4. The van der Waals surface area contributed by atoms with E-state index in [2.05, 4.69) is 36.2 Å².